The molecule has 1 amide bonds. The van der Waals surface area contributed by atoms with E-state index in [1.807, 2.05) is 30.5 Å². The van der Waals surface area contributed by atoms with Gasteiger partial charge < -0.3 is 15.0 Å². The molecule has 2 N–H and O–H groups in total. The Balaban J connectivity index is 1.73. The van der Waals surface area contributed by atoms with Crippen LogP contribution in [0.25, 0.3) is 10.9 Å². The molecule has 0 saturated carbocycles. The molecule has 0 fully saturated rings. The Hall–Kier alpha value is -2.30. The van der Waals surface area contributed by atoms with E-state index in [1.165, 1.54) is 0 Å². The highest BCUT2D eigenvalue weighted by Crippen LogP contribution is 2.18. The molecule has 0 radical (unpaired) electrons. The number of aromatic amines is 1. The van der Waals surface area contributed by atoms with E-state index in [2.05, 4.69) is 17.2 Å². The third-order valence-corrected chi connectivity index (χ3v) is 3.49. The topological polar surface area (TPSA) is 71.2 Å². The first-order chi connectivity index (χ1) is 10.7. The van der Waals surface area contributed by atoms with Crippen LogP contribution in [0.3, 0.4) is 0 Å². The van der Waals surface area contributed by atoms with Gasteiger partial charge in [-0.1, -0.05) is 31.5 Å². The van der Waals surface area contributed by atoms with Crippen molar-refractivity contribution >= 4 is 22.8 Å². The molecule has 2 aromatic rings. The first-order valence-corrected chi connectivity index (χ1v) is 7.68. The standard InChI is InChI=1S/C17H22N2O3/c1-2-3-10-18-16(20)12-22-17(21)9-8-13-11-19-15-7-5-4-6-14(13)15/h4-7,11,19H,2-3,8-10,12H2,1H3,(H,18,20). The lowest BCUT2D eigenvalue weighted by atomic mass is 10.1. The van der Waals surface area contributed by atoms with Gasteiger partial charge in [-0.3, -0.25) is 9.59 Å². The van der Waals surface area contributed by atoms with Crippen LogP contribution >= 0.6 is 0 Å². The number of carbonyl (C=O) groups is 2. The minimum absolute atomic E-state index is 0.198. The fourth-order valence-electron chi connectivity index (χ4n) is 2.25. The van der Waals surface area contributed by atoms with E-state index in [0.717, 1.165) is 29.3 Å². The highest BCUT2D eigenvalue weighted by atomic mass is 16.5. The SMILES string of the molecule is CCCCNC(=O)COC(=O)CCc1c[nH]c2ccccc12. The number of fused-ring (bicyclic) bond motifs is 1. The van der Waals surface area contributed by atoms with Gasteiger partial charge in [-0.2, -0.15) is 0 Å². The Morgan fingerprint density at radius 2 is 2.09 bits per heavy atom. The molecule has 0 aliphatic heterocycles. The molecule has 22 heavy (non-hydrogen) atoms. The molecule has 2 rings (SSSR count). The van der Waals surface area contributed by atoms with Crippen LogP contribution in [0.15, 0.2) is 30.5 Å². The van der Waals surface area contributed by atoms with Crippen molar-refractivity contribution in [2.24, 2.45) is 0 Å². The average Bonchev–Trinajstić information content (AvgIpc) is 2.94. The van der Waals surface area contributed by atoms with Crippen LogP contribution in [0.4, 0.5) is 0 Å². The fourth-order valence-corrected chi connectivity index (χ4v) is 2.25. The monoisotopic (exact) mass is 302 g/mol. The predicted octanol–water partition coefficient (Wildman–Crippen LogP) is 2.56. The number of para-hydroxylation sites is 1. The Morgan fingerprint density at radius 1 is 1.27 bits per heavy atom. The number of unbranched alkanes of at least 4 members (excludes halogenated alkanes) is 1. The minimum atomic E-state index is -0.351. The van der Waals surface area contributed by atoms with Crippen molar-refractivity contribution in [3.63, 3.8) is 0 Å². The van der Waals surface area contributed by atoms with Gasteiger partial charge in [0.2, 0.25) is 0 Å². The first kappa shape index (κ1) is 16.1. The number of rotatable bonds is 8. The number of aromatic nitrogens is 1. The molecule has 1 heterocycles. The number of esters is 1. The summed E-state index contributed by atoms with van der Waals surface area (Å²) in [5.41, 5.74) is 2.14. The second-order valence-corrected chi connectivity index (χ2v) is 5.22. The predicted molar refractivity (Wildman–Crippen MR) is 85.5 cm³/mol. The highest BCUT2D eigenvalue weighted by Gasteiger charge is 2.09. The maximum Gasteiger partial charge on any atom is 0.306 e. The largest absolute Gasteiger partial charge is 0.456 e. The summed E-state index contributed by atoms with van der Waals surface area (Å²) in [5.74, 6) is -0.593. The fraction of sp³-hybridized carbons (Fsp3) is 0.412. The zero-order chi connectivity index (χ0) is 15.8. The number of benzene rings is 1. The van der Waals surface area contributed by atoms with Gasteiger partial charge >= 0.3 is 5.97 Å². The summed E-state index contributed by atoms with van der Waals surface area (Å²) < 4.78 is 4.98. The van der Waals surface area contributed by atoms with Gasteiger partial charge in [0, 0.05) is 30.1 Å². The molecule has 5 heteroatoms. The van der Waals surface area contributed by atoms with Crippen molar-refractivity contribution in [1.29, 1.82) is 0 Å². The van der Waals surface area contributed by atoms with Gasteiger partial charge in [-0.05, 0) is 24.5 Å². The first-order valence-electron chi connectivity index (χ1n) is 7.68. The number of carbonyl (C=O) groups excluding carboxylic acids is 2. The van der Waals surface area contributed by atoms with Crippen LogP contribution in [0.1, 0.15) is 31.7 Å². The van der Waals surface area contributed by atoms with Gasteiger partial charge in [0.05, 0.1) is 0 Å². The number of nitrogens with one attached hydrogen (secondary N) is 2. The molecule has 0 bridgehead atoms. The second-order valence-electron chi connectivity index (χ2n) is 5.22. The van der Waals surface area contributed by atoms with Crippen LogP contribution in [-0.4, -0.2) is 30.0 Å². The molecular weight excluding hydrogens is 280 g/mol. The van der Waals surface area contributed by atoms with Gasteiger partial charge in [0.15, 0.2) is 6.61 Å². The normalized spacial score (nSPS) is 10.6. The maximum absolute atomic E-state index is 11.7. The van der Waals surface area contributed by atoms with E-state index < -0.39 is 0 Å². The van der Waals surface area contributed by atoms with E-state index >= 15 is 0 Å². The smallest absolute Gasteiger partial charge is 0.306 e. The van der Waals surface area contributed by atoms with Crippen LogP contribution in [-0.2, 0) is 20.7 Å². The quantitative estimate of drug-likeness (QED) is 0.581. The molecule has 0 unspecified atom stereocenters. The summed E-state index contributed by atoms with van der Waals surface area (Å²) in [7, 11) is 0. The van der Waals surface area contributed by atoms with Crippen LogP contribution in [0, 0.1) is 0 Å². The number of hydrogen-bond donors (Lipinski definition) is 2. The van der Waals surface area contributed by atoms with Crippen molar-refractivity contribution < 1.29 is 14.3 Å². The molecule has 0 aliphatic carbocycles. The van der Waals surface area contributed by atoms with Crippen LogP contribution in [0.2, 0.25) is 0 Å². The Kier molecular flexibility index (Phi) is 6.01. The Labute approximate surface area is 130 Å². The Morgan fingerprint density at radius 3 is 2.91 bits per heavy atom. The lowest BCUT2D eigenvalue weighted by Crippen LogP contribution is -2.29. The molecular formula is C17H22N2O3. The second kappa shape index (κ2) is 8.22. The molecule has 0 atom stereocenters. The summed E-state index contributed by atoms with van der Waals surface area (Å²) in [6.45, 7) is 2.48. The summed E-state index contributed by atoms with van der Waals surface area (Å²) >= 11 is 0. The van der Waals surface area contributed by atoms with Crippen molar-refractivity contribution in [3.8, 4) is 0 Å². The lowest BCUT2D eigenvalue weighted by Gasteiger charge is -2.06. The van der Waals surface area contributed by atoms with E-state index in [-0.39, 0.29) is 24.9 Å². The number of aryl methyl sites for hydroxylation is 1. The van der Waals surface area contributed by atoms with Gasteiger partial charge in [-0.25, -0.2) is 0 Å². The molecule has 5 nitrogen and oxygen atoms in total. The molecule has 0 aliphatic rings. The van der Waals surface area contributed by atoms with E-state index in [4.69, 9.17) is 4.74 Å². The zero-order valence-corrected chi connectivity index (χ0v) is 12.9. The van der Waals surface area contributed by atoms with E-state index in [1.54, 1.807) is 0 Å². The molecule has 0 spiro atoms. The minimum Gasteiger partial charge on any atom is -0.456 e. The third-order valence-electron chi connectivity index (χ3n) is 3.49. The van der Waals surface area contributed by atoms with Crippen molar-refractivity contribution in [2.75, 3.05) is 13.2 Å². The average molecular weight is 302 g/mol. The number of hydrogen-bond acceptors (Lipinski definition) is 3. The van der Waals surface area contributed by atoms with Crippen molar-refractivity contribution in [1.82, 2.24) is 10.3 Å². The van der Waals surface area contributed by atoms with Crippen molar-refractivity contribution in [3.05, 3.63) is 36.0 Å². The lowest BCUT2D eigenvalue weighted by molar-refractivity contribution is -0.148. The van der Waals surface area contributed by atoms with Crippen LogP contribution < -0.4 is 5.32 Å². The maximum atomic E-state index is 11.7. The number of H-pyrrole nitrogens is 1. The van der Waals surface area contributed by atoms with Gasteiger partial charge in [0.25, 0.3) is 5.91 Å². The molecule has 1 aromatic heterocycles. The van der Waals surface area contributed by atoms with E-state index in [9.17, 15) is 9.59 Å². The number of amides is 1. The number of ether oxygens (including phenoxy) is 1. The zero-order valence-electron chi connectivity index (χ0n) is 12.9. The summed E-state index contributed by atoms with van der Waals surface area (Å²) in [6.07, 6.45) is 4.73. The summed E-state index contributed by atoms with van der Waals surface area (Å²) in [4.78, 5) is 26.3. The Bertz CT molecular complexity index is 634. The van der Waals surface area contributed by atoms with Gasteiger partial charge in [0.1, 0.15) is 0 Å². The molecule has 1 aromatic carbocycles. The third kappa shape index (κ3) is 4.62. The molecule has 118 valence electrons. The summed E-state index contributed by atoms with van der Waals surface area (Å²) in [6, 6.07) is 7.96. The van der Waals surface area contributed by atoms with Gasteiger partial charge in [-0.15, -0.1) is 0 Å². The summed E-state index contributed by atoms with van der Waals surface area (Å²) in [5, 5.41) is 3.83. The van der Waals surface area contributed by atoms with Crippen molar-refractivity contribution in [2.45, 2.75) is 32.6 Å². The van der Waals surface area contributed by atoms with E-state index in [0.29, 0.717) is 13.0 Å². The highest BCUT2D eigenvalue weighted by molar-refractivity contribution is 5.84. The van der Waals surface area contributed by atoms with Crippen LogP contribution in [0.5, 0.6) is 0 Å². The molecule has 0 saturated heterocycles.